The van der Waals surface area contributed by atoms with Crippen LogP contribution in [0.5, 0.6) is 0 Å². The zero-order valence-electron chi connectivity index (χ0n) is 8.34. The maximum Gasteiger partial charge on any atom is 0.0270 e. The normalized spacial score (nSPS) is 11.5. The van der Waals surface area contributed by atoms with Gasteiger partial charge in [-0.25, -0.2) is 0 Å². The van der Waals surface area contributed by atoms with Crippen LogP contribution in [0, 0.1) is 0 Å². The molecule has 0 unspecified atom stereocenters. The smallest absolute Gasteiger partial charge is 0.0270 e. The number of hydrogen-bond donors (Lipinski definition) is 0. The van der Waals surface area contributed by atoms with Crippen LogP contribution < -0.4 is 0 Å². The van der Waals surface area contributed by atoms with E-state index in [2.05, 4.69) is 53.9 Å². The molecule has 0 saturated heterocycles. The molecule has 1 heterocycles. The highest BCUT2D eigenvalue weighted by atomic mass is 32.1. The third kappa shape index (κ3) is 3.22. The summed E-state index contributed by atoms with van der Waals surface area (Å²) in [5.41, 5.74) is 1.23. The molecule has 1 aromatic heterocycles. The predicted octanol–water partition coefficient (Wildman–Crippen LogP) is 4.47. The largest absolute Gasteiger partial charge is 0.144 e. The van der Waals surface area contributed by atoms with Crippen LogP contribution in [-0.4, -0.2) is 0 Å². The van der Waals surface area contributed by atoms with Crippen LogP contribution in [0.2, 0.25) is 0 Å². The van der Waals surface area contributed by atoms with Crippen LogP contribution in [0.1, 0.15) is 10.4 Å². The lowest BCUT2D eigenvalue weighted by Gasteiger charge is -1.88. The van der Waals surface area contributed by atoms with E-state index >= 15 is 0 Å². The Morgan fingerprint density at radius 2 is 1.60 bits per heavy atom. The van der Waals surface area contributed by atoms with Gasteiger partial charge in [-0.15, -0.1) is 11.3 Å². The number of hydrogen-bond acceptors (Lipinski definition) is 1. The summed E-state index contributed by atoms with van der Waals surface area (Å²) in [4.78, 5) is 1.28. The van der Waals surface area contributed by atoms with Crippen molar-refractivity contribution in [2.45, 2.75) is 0 Å². The van der Waals surface area contributed by atoms with Crippen LogP contribution in [0.15, 0.2) is 60.0 Å². The lowest BCUT2D eigenvalue weighted by Crippen LogP contribution is -1.66. The fourth-order valence-corrected chi connectivity index (χ4v) is 1.90. The average Bonchev–Trinajstić information content (AvgIpc) is 2.79. The maximum absolute atomic E-state index is 2.12. The van der Waals surface area contributed by atoms with Crippen molar-refractivity contribution in [2.24, 2.45) is 0 Å². The predicted molar refractivity (Wildman–Crippen MR) is 68.8 cm³/mol. The first-order valence-corrected chi connectivity index (χ1v) is 5.76. The summed E-state index contributed by atoms with van der Waals surface area (Å²) in [6.45, 7) is 0. The molecule has 0 atom stereocenters. The van der Waals surface area contributed by atoms with Crippen molar-refractivity contribution in [3.05, 3.63) is 70.4 Å². The van der Waals surface area contributed by atoms with E-state index in [1.165, 1.54) is 10.4 Å². The summed E-state index contributed by atoms with van der Waals surface area (Å²) in [6.07, 6.45) is 8.35. The molecule has 0 nitrogen and oxygen atoms in total. The molecule has 1 aromatic carbocycles. The second-order valence-corrected chi connectivity index (χ2v) is 4.12. The fourth-order valence-electron chi connectivity index (χ4n) is 1.27. The molecule has 2 rings (SSSR count). The van der Waals surface area contributed by atoms with Gasteiger partial charge in [-0.1, -0.05) is 54.6 Å². The van der Waals surface area contributed by atoms with Gasteiger partial charge in [0.15, 0.2) is 0 Å². The van der Waals surface area contributed by atoms with Gasteiger partial charge in [0.2, 0.25) is 0 Å². The Morgan fingerprint density at radius 3 is 2.33 bits per heavy atom. The molecular formula is C14H12S. The second kappa shape index (κ2) is 5.32. The van der Waals surface area contributed by atoms with Gasteiger partial charge in [0, 0.05) is 4.88 Å². The molecule has 0 radical (unpaired) electrons. The molecule has 0 aliphatic rings. The van der Waals surface area contributed by atoms with Crippen molar-refractivity contribution in [1.82, 2.24) is 0 Å². The molecule has 2 aromatic rings. The van der Waals surface area contributed by atoms with Crippen LogP contribution in [0.3, 0.4) is 0 Å². The SMILES string of the molecule is C(/C=C/c1cccs1)=C\c1ccccc1. The van der Waals surface area contributed by atoms with Crippen LogP contribution >= 0.6 is 11.3 Å². The minimum absolute atomic E-state index is 1.23. The highest BCUT2D eigenvalue weighted by Crippen LogP contribution is 2.10. The Balaban J connectivity index is 1.96. The van der Waals surface area contributed by atoms with Crippen LogP contribution in [0.25, 0.3) is 12.2 Å². The van der Waals surface area contributed by atoms with Crippen molar-refractivity contribution in [2.75, 3.05) is 0 Å². The van der Waals surface area contributed by atoms with Gasteiger partial charge in [0.25, 0.3) is 0 Å². The van der Waals surface area contributed by atoms with E-state index in [0.29, 0.717) is 0 Å². The van der Waals surface area contributed by atoms with Crippen LogP contribution in [-0.2, 0) is 0 Å². The minimum Gasteiger partial charge on any atom is -0.144 e. The zero-order chi connectivity index (χ0) is 10.3. The number of rotatable bonds is 3. The standard InChI is InChI=1S/C14H12S/c1-2-7-13(8-3-1)9-4-5-10-14-11-6-12-15-14/h1-12H/b9-4+,10-5+. The molecule has 0 N–H and O–H groups in total. The lowest BCUT2D eigenvalue weighted by atomic mass is 10.2. The zero-order valence-corrected chi connectivity index (χ0v) is 9.15. The Morgan fingerprint density at radius 1 is 0.800 bits per heavy atom. The summed E-state index contributed by atoms with van der Waals surface area (Å²) in [5, 5.41) is 2.08. The molecule has 0 bridgehead atoms. The van der Waals surface area contributed by atoms with E-state index in [1.54, 1.807) is 11.3 Å². The van der Waals surface area contributed by atoms with Gasteiger partial charge < -0.3 is 0 Å². The average molecular weight is 212 g/mol. The highest BCUT2D eigenvalue weighted by molar-refractivity contribution is 7.10. The second-order valence-electron chi connectivity index (χ2n) is 3.14. The van der Waals surface area contributed by atoms with Gasteiger partial charge in [0.05, 0.1) is 0 Å². The Kier molecular flexibility index (Phi) is 3.53. The summed E-state index contributed by atoms with van der Waals surface area (Å²) < 4.78 is 0. The first-order valence-electron chi connectivity index (χ1n) is 4.88. The topological polar surface area (TPSA) is 0 Å². The quantitative estimate of drug-likeness (QED) is 0.658. The van der Waals surface area contributed by atoms with E-state index in [0.717, 1.165) is 0 Å². The van der Waals surface area contributed by atoms with E-state index < -0.39 is 0 Å². The first kappa shape index (κ1) is 9.94. The van der Waals surface area contributed by atoms with Gasteiger partial charge in [-0.3, -0.25) is 0 Å². The van der Waals surface area contributed by atoms with Gasteiger partial charge in [0.1, 0.15) is 0 Å². The van der Waals surface area contributed by atoms with Gasteiger partial charge in [-0.05, 0) is 23.1 Å². The Labute approximate surface area is 94.2 Å². The van der Waals surface area contributed by atoms with Crippen molar-refractivity contribution < 1.29 is 0 Å². The third-order valence-electron chi connectivity index (χ3n) is 2.00. The van der Waals surface area contributed by atoms with E-state index in [-0.39, 0.29) is 0 Å². The summed E-state index contributed by atoms with van der Waals surface area (Å²) in [6, 6.07) is 14.5. The summed E-state index contributed by atoms with van der Waals surface area (Å²) in [7, 11) is 0. The highest BCUT2D eigenvalue weighted by Gasteiger charge is 1.83. The van der Waals surface area contributed by atoms with E-state index in [1.807, 2.05) is 18.2 Å². The number of benzene rings is 1. The number of thiophene rings is 1. The third-order valence-corrected chi connectivity index (χ3v) is 2.84. The molecule has 0 spiro atoms. The Bertz CT molecular complexity index is 435. The van der Waals surface area contributed by atoms with Crippen molar-refractivity contribution in [3.8, 4) is 0 Å². The first-order chi connectivity index (χ1) is 7.45. The van der Waals surface area contributed by atoms with Crippen molar-refractivity contribution in [3.63, 3.8) is 0 Å². The summed E-state index contributed by atoms with van der Waals surface area (Å²) >= 11 is 1.75. The molecule has 0 aliphatic heterocycles. The fraction of sp³-hybridized carbons (Fsp3) is 0. The molecule has 0 aliphatic carbocycles. The monoisotopic (exact) mass is 212 g/mol. The van der Waals surface area contributed by atoms with Crippen molar-refractivity contribution >= 4 is 23.5 Å². The van der Waals surface area contributed by atoms with Crippen LogP contribution in [0.4, 0.5) is 0 Å². The molecule has 15 heavy (non-hydrogen) atoms. The maximum atomic E-state index is 2.12. The molecule has 0 saturated carbocycles. The molecule has 1 heteroatoms. The number of allylic oxidation sites excluding steroid dienone is 2. The summed E-state index contributed by atoms with van der Waals surface area (Å²) in [5.74, 6) is 0. The van der Waals surface area contributed by atoms with E-state index in [9.17, 15) is 0 Å². The molecular weight excluding hydrogens is 200 g/mol. The van der Waals surface area contributed by atoms with E-state index in [4.69, 9.17) is 0 Å². The Hall–Kier alpha value is -1.60. The van der Waals surface area contributed by atoms with Crippen molar-refractivity contribution in [1.29, 1.82) is 0 Å². The van der Waals surface area contributed by atoms with Gasteiger partial charge in [-0.2, -0.15) is 0 Å². The minimum atomic E-state index is 1.23. The molecule has 0 fully saturated rings. The molecule has 74 valence electrons. The lowest BCUT2D eigenvalue weighted by molar-refractivity contribution is 1.66. The molecule has 0 amide bonds. The van der Waals surface area contributed by atoms with Gasteiger partial charge >= 0.3 is 0 Å².